The van der Waals surface area contributed by atoms with E-state index in [4.69, 9.17) is 16.0 Å². The van der Waals surface area contributed by atoms with Crippen LogP contribution in [0.15, 0.2) is 57.7 Å². The normalized spacial score (nSPS) is 11.3. The molecule has 0 atom stereocenters. The van der Waals surface area contributed by atoms with Crippen molar-refractivity contribution in [2.45, 2.75) is 5.88 Å². The molecule has 0 amide bonds. The van der Waals surface area contributed by atoms with E-state index in [0.717, 1.165) is 10.2 Å². The molecule has 0 N–H and O–H groups in total. The highest BCUT2D eigenvalue weighted by Gasteiger charge is 2.18. The molecule has 3 nitrogen and oxygen atoms in total. The molecule has 0 aliphatic rings. The number of benzene rings is 2. The number of hydrogen-bond acceptors (Lipinski definition) is 4. The summed E-state index contributed by atoms with van der Waals surface area (Å²) < 4.78 is 6.84. The van der Waals surface area contributed by atoms with Crippen molar-refractivity contribution in [1.82, 2.24) is 4.98 Å². The Bertz CT molecular complexity index is 1020. The summed E-state index contributed by atoms with van der Waals surface area (Å²) in [6.45, 7) is 0. The van der Waals surface area contributed by atoms with Crippen molar-refractivity contribution < 1.29 is 4.42 Å². The molecule has 2 heterocycles. The zero-order valence-corrected chi connectivity index (χ0v) is 12.9. The van der Waals surface area contributed by atoms with E-state index in [1.54, 1.807) is 12.1 Å². The zero-order chi connectivity index (χ0) is 15.1. The molecule has 22 heavy (non-hydrogen) atoms. The highest BCUT2D eigenvalue weighted by Crippen LogP contribution is 2.32. The smallest absolute Gasteiger partial charge is 0.203 e. The van der Waals surface area contributed by atoms with Gasteiger partial charge in [0.2, 0.25) is 5.43 Å². The molecule has 5 heteroatoms. The third-order valence-corrected chi connectivity index (χ3v) is 4.80. The van der Waals surface area contributed by atoms with Crippen LogP contribution < -0.4 is 5.43 Å². The van der Waals surface area contributed by atoms with Gasteiger partial charge in [-0.15, -0.1) is 22.9 Å². The van der Waals surface area contributed by atoms with E-state index in [2.05, 4.69) is 4.98 Å². The summed E-state index contributed by atoms with van der Waals surface area (Å²) in [5.74, 6) is 0.593. The topological polar surface area (TPSA) is 43.1 Å². The highest BCUT2D eigenvalue weighted by atomic mass is 35.5. The molecule has 2 aromatic heterocycles. The third kappa shape index (κ3) is 2.03. The number of alkyl halides is 1. The average molecular weight is 328 g/mol. The van der Waals surface area contributed by atoms with Gasteiger partial charge < -0.3 is 4.42 Å². The summed E-state index contributed by atoms with van der Waals surface area (Å²) in [6, 6.07) is 15.0. The van der Waals surface area contributed by atoms with Crippen LogP contribution in [0.5, 0.6) is 0 Å². The molecule has 0 unspecified atom stereocenters. The minimum atomic E-state index is -0.0865. The SMILES string of the molecule is O=c1c(-c2nc3ccccc3s2)c(CCl)oc2ccccc12. The van der Waals surface area contributed by atoms with E-state index in [-0.39, 0.29) is 11.3 Å². The lowest BCUT2D eigenvalue weighted by Crippen LogP contribution is -2.08. The molecular formula is C17H10ClNO2S. The minimum Gasteiger partial charge on any atom is -0.459 e. The zero-order valence-electron chi connectivity index (χ0n) is 11.4. The number of aromatic nitrogens is 1. The van der Waals surface area contributed by atoms with E-state index in [0.29, 0.717) is 27.3 Å². The van der Waals surface area contributed by atoms with Gasteiger partial charge >= 0.3 is 0 Å². The summed E-state index contributed by atoms with van der Waals surface area (Å²) in [5.41, 5.74) is 1.80. The van der Waals surface area contributed by atoms with Crippen molar-refractivity contribution in [3.05, 3.63) is 64.5 Å². The minimum absolute atomic E-state index is 0.0865. The lowest BCUT2D eigenvalue weighted by Gasteiger charge is -2.05. The van der Waals surface area contributed by atoms with Gasteiger partial charge in [-0.05, 0) is 24.3 Å². The van der Waals surface area contributed by atoms with Crippen LogP contribution in [-0.4, -0.2) is 4.98 Å². The second-order valence-electron chi connectivity index (χ2n) is 4.85. The molecular weight excluding hydrogens is 318 g/mol. The van der Waals surface area contributed by atoms with Gasteiger partial charge in [0, 0.05) is 0 Å². The van der Waals surface area contributed by atoms with Gasteiger partial charge in [-0.3, -0.25) is 4.79 Å². The van der Waals surface area contributed by atoms with Crippen molar-refractivity contribution in [3.8, 4) is 10.6 Å². The van der Waals surface area contributed by atoms with E-state index < -0.39 is 0 Å². The predicted octanol–water partition coefficient (Wildman–Crippen LogP) is 4.81. The van der Waals surface area contributed by atoms with Crippen LogP contribution >= 0.6 is 22.9 Å². The molecule has 0 fully saturated rings. The Labute approximate surface area is 134 Å². The fourth-order valence-corrected chi connectivity index (χ4v) is 3.69. The van der Waals surface area contributed by atoms with Gasteiger partial charge in [-0.2, -0.15) is 0 Å². The van der Waals surface area contributed by atoms with Crippen LogP contribution in [0.25, 0.3) is 31.8 Å². The number of para-hydroxylation sites is 2. The molecule has 0 radical (unpaired) electrons. The summed E-state index contributed by atoms with van der Waals surface area (Å²) in [4.78, 5) is 17.4. The second-order valence-corrected chi connectivity index (χ2v) is 6.14. The molecule has 0 saturated carbocycles. The Morgan fingerprint density at radius 1 is 1.09 bits per heavy atom. The van der Waals surface area contributed by atoms with Crippen molar-refractivity contribution in [1.29, 1.82) is 0 Å². The first-order chi connectivity index (χ1) is 10.8. The molecule has 0 bridgehead atoms. The Morgan fingerprint density at radius 3 is 2.68 bits per heavy atom. The van der Waals surface area contributed by atoms with Crippen molar-refractivity contribution in [3.63, 3.8) is 0 Å². The van der Waals surface area contributed by atoms with Crippen LogP contribution in [0.3, 0.4) is 0 Å². The predicted molar refractivity (Wildman–Crippen MR) is 90.7 cm³/mol. The molecule has 4 aromatic rings. The number of halogens is 1. The summed E-state index contributed by atoms with van der Waals surface area (Å²) >= 11 is 7.47. The Morgan fingerprint density at radius 2 is 1.86 bits per heavy atom. The molecule has 0 spiro atoms. The van der Waals surface area contributed by atoms with Gasteiger partial charge in [-0.1, -0.05) is 24.3 Å². The first-order valence-electron chi connectivity index (χ1n) is 6.74. The largest absolute Gasteiger partial charge is 0.459 e. The van der Waals surface area contributed by atoms with Crippen LogP contribution in [-0.2, 0) is 5.88 Å². The summed E-state index contributed by atoms with van der Waals surface area (Å²) in [5, 5.41) is 1.20. The van der Waals surface area contributed by atoms with Crippen molar-refractivity contribution in [2.24, 2.45) is 0 Å². The number of thiazole rings is 1. The lowest BCUT2D eigenvalue weighted by molar-refractivity contribution is 0.561. The van der Waals surface area contributed by atoms with E-state index in [1.165, 1.54) is 11.3 Å². The first kappa shape index (κ1) is 13.5. The molecule has 0 aliphatic carbocycles. The van der Waals surface area contributed by atoms with E-state index in [9.17, 15) is 4.79 Å². The van der Waals surface area contributed by atoms with E-state index >= 15 is 0 Å². The molecule has 108 valence electrons. The molecule has 4 rings (SSSR count). The maximum Gasteiger partial charge on any atom is 0.203 e. The number of rotatable bonds is 2. The van der Waals surface area contributed by atoms with Crippen LogP contribution in [0.4, 0.5) is 0 Å². The van der Waals surface area contributed by atoms with Gasteiger partial charge in [0.15, 0.2) is 0 Å². The second kappa shape index (κ2) is 5.23. The van der Waals surface area contributed by atoms with E-state index in [1.807, 2.05) is 36.4 Å². The highest BCUT2D eigenvalue weighted by molar-refractivity contribution is 7.21. The Hall–Kier alpha value is -2.17. The maximum atomic E-state index is 12.8. The maximum absolute atomic E-state index is 12.8. The molecule has 0 aliphatic heterocycles. The first-order valence-corrected chi connectivity index (χ1v) is 8.09. The van der Waals surface area contributed by atoms with Gasteiger partial charge in [-0.25, -0.2) is 4.98 Å². The molecule has 2 aromatic carbocycles. The van der Waals surface area contributed by atoms with Gasteiger partial charge in [0.1, 0.15) is 16.4 Å². The van der Waals surface area contributed by atoms with Crippen LogP contribution in [0, 0.1) is 0 Å². The number of nitrogens with zero attached hydrogens (tertiary/aromatic N) is 1. The van der Waals surface area contributed by atoms with Crippen LogP contribution in [0.2, 0.25) is 0 Å². The quantitative estimate of drug-likeness (QED) is 0.496. The summed E-state index contributed by atoms with van der Waals surface area (Å²) in [7, 11) is 0. The average Bonchev–Trinajstić information content (AvgIpc) is 2.98. The van der Waals surface area contributed by atoms with Crippen molar-refractivity contribution in [2.75, 3.05) is 0 Å². The number of hydrogen-bond donors (Lipinski definition) is 0. The fourth-order valence-electron chi connectivity index (χ4n) is 2.48. The lowest BCUT2D eigenvalue weighted by atomic mass is 10.1. The third-order valence-electron chi connectivity index (χ3n) is 3.50. The monoisotopic (exact) mass is 327 g/mol. The molecule has 0 saturated heterocycles. The fraction of sp³-hybridized carbons (Fsp3) is 0.0588. The standard InChI is InChI=1S/C17H10ClNO2S/c18-9-13-15(16(20)10-5-1-3-7-12(10)21-13)17-19-11-6-2-4-8-14(11)22-17/h1-8H,9H2. The summed E-state index contributed by atoms with van der Waals surface area (Å²) in [6.07, 6.45) is 0. The number of fused-ring (bicyclic) bond motifs is 2. The Balaban J connectivity index is 2.08. The van der Waals surface area contributed by atoms with Crippen molar-refractivity contribution >= 4 is 44.1 Å². The van der Waals surface area contributed by atoms with Crippen LogP contribution in [0.1, 0.15) is 5.76 Å². The van der Waals surface area contributed by atoms with Gasteiger partial charge in [0.05, 0.1) is 27.0 Å². The Kier molecular flexibility index (Phi) is 3.21. The van der Waals surface area contributed by atoms with Gasteiger partial charge in [0.25, 0.3) is 0 Å².